The molecule has 13 nitrogen and oxygen atoms in total. The van der Waals surface area contributed by atoms with Crippen molar-refractivity contribution < 1.29 is 0 Å². The highest BCUT2D eigenvalue weighted by Gasteiger charge is 2.42. The van der Waals surface area contributed by atoms with E-state index in [4.69, 9.17) is 44.9 Å². The van der Waals surface area contributed by atoms with Crippen molar-refractivity contribution in [1.82, 2.24) is 54.0 Å². The fourth-order valence-corrected chi connectivity index (χ4v) is 22.9. The van der Waals surface area contributed by atoms with Crippen LogP contribution in [0.3, 0.4) is 0 Å². The topological polar surface area (TPSA) is 132 Å². The molecule has 5 aliphatic rings. The molecule has 28 rings (SSSR count). The molecular formula is C127H87N13S. The molecule has 2 aliphatic carbocycles. The minimum absolute atomic E-state index is 0.0748. The van der Waals surface area contributed by atoms with Crippen LogP contribution in [0.5, 0.6) is 0 Å². The minimum Gasteiger partial charge on any atom is -0.309 e. The number of hydrogen-bond acceptors (Lipinski definition) is 12. The Morgan fingerprint density at radius 1 is 0.234 bits per heavy atom. The number of anilines is 6. The minimum atomic E-state index is -0.106. The molecule has 666 valence electrons. The quantitative estimate of drug-likeness (QED) is 0.129. The van der Waals surface area contributed by atoms with Crippen molar-refractivity contribution in [2.75, 3.05) is 9.80 Å². The van der Waals surface area contributed by atoms with Gasteiger partial charge in [0.1, 0.15) is 0 Å². The summed E-state index contributed by atoms with van der Waals surface area (Å²) in [5.74, 6) is 5.56. The van der Waals surface area contributed by atoms with Crippen LogP contribution in [0.15, 0.2) is 465 Å². The van der Waals surface area contributed by atoms with Crippen LogP contribution in [0.2, 0.25) is 0 Å². The van der Waals surface area contributed by atoms with E-state index < -0.39 is 0 Å². The third kappa shape index (κ3) is 14.1. The monoisotopic (exact) mass is 1830 g/mol. The Morgan fingerprint density at radius 3 is 1.10 bits per heavy atom. The van der Waals surface area contributed by atoms with Crippen molar-refractivity contribution in [3.05, 3.63) is 477 Å². The largest absolute Gasteiger partial charge is 0.309 e. The predicted octanol–water partition coefficient (Wildman–Crippen LogP) is 32.4. The first-order valence-electron chi connectivity index (χ1n) is 47.8. The molecule has 0 N–H and O–H groups in total. The van der Waals surface area contributed by atoms with Gasteiger partial charge in [-0.1, -0.05) is 434 Å². The number of allylic oxidation sites excluding steroid dienone is 3. The average Bonchev–Trinajstić information content (AvgIpc) is 1.55. The van der Waals surface area contributed by atoms with E-state index in [-0.39, 0.29) is 10.8 Å². The summed E-state index contributed by atoms with van der Waals surface area (Å²) in [6.07, 6.45) is 4.65. The Hall–Kier alpha value is -18.0. The Labute approximate surface area is 820 Å². The molecule has 8 heterocycles. The van der Waals surface area contributed by atoms with Crippen molar-refractivity contribution in [3.8, 4) is 147 Å². The highest BCUT2D eigenvalue weighted by atomic mass is 32.2. The summed E-state index contributed by atoms with van der Waals surface area (Å²) in [4.78, 5) is 53.1. The number of hydrogen-bond donors (Lipinski definition) is 0. The highest BCUT2D eigenvalue weighted by Crippen LogP contribution is 2.62. The van der Waals surface area contributed by atoms with Gasteiger partial charge >= 0.3 is 0 Å². The van der Waals surface area contributed by atoms with Gasteiger partial charge in [0, 0.05) is 115 Å². The SMILES string of the molecule is CC1(C)C=CC2=C1c1ccc3c(c1-c1ccccc1S2)c1ccccc1n3-c1nc(-c2ccccc2)nc(-c2ccccc2)n1.CC1(C)c2ccccc2-c2c1ccc1c2-c2ccccc2N(c2nc(-c3ccccc3)nc(-c3ccccc3)n2)c2ccccc2-1.c1ccc(-c2nc(-c3ccccc3)nc(N3c4ccccc4-c4ccc5c6ccccc6n(-c6ccccc6)c5c4-c4ccccc43)n2)cc1. The maximum absolute atomic E-state index is 5.22. The summed E-state index contributed by atoms with van der Waals surface area (Å²) in [7, 11) is 0. The molecule has 23 aromatic rings. The molecule has 0 saturated carbocycles. The summed E-state index contributed by atoms with van der Waals surface area (Å²) in [5.41, 5.74) is 35.0. The van der Waals surface area contributed by atoms with Crippen molar-refractivity contribution in [2.24, 2.45) is 5.41 Å². The summed E-state index contributed by atoms with van der Waals surface area (Å²) >= 11 is 1.88. The number of aromatic nitrogens is 11. The fraction of sp³-hybridized carbons (Fsp3) is 0.0472. The summed E-state index contributed by atoms with van der Waals surface area (Å²) in [5, 5.41) is 4.83. The third-order valence-corrected chi connectivity index (χ3v) is 29.1. The van der Waals surface area contributed by atoms with Gasteiger partial charge < -0.3 is 4.57 Å². The summed E-state index contributed by atoms with van der Waals surface area (Å²) in [6, 6.07) is 155. The van der Waals surface area contributed by atoms with Crippen LogP contribution in [-0.4, -0.2) is 54.0 Å². The number of thioether (sulfide) groups is 1. The summed E-state index contributed by atoms with van der Waals surface area (Å²) in [6.45, 7) is 9.32. The number of fused-ring (bicyclic) bond motifs is 26. The van der Waals surface area contributed by atoms with E-state index in [1.54, 1.807) is 0 Å². The van der Waals surface area contributed by atoms with Crippen molar-refractivity contribution in [1.29, 1.82) is 0 Å². The van der Waals surface area contributed by atoms with E-state index in [1.165, 1.54) is 104 Å². The van der Waals surface area contributed by atoms with Gasteiger partial charge in [-0.25, -0.2) is 15.0 Å². The second kappa shape index (κ2) is 34.1. The lowest BCUT2D eigenvalue weighted by atomic mass is 9.79. The van der Waals surface area contributed by atoms with Gasteiger partial charge in [0.25, 0.3) is 0 Å². The number of para-hydroxylation sites is 7. The molecule has 0 saturated heterocycles. The van der Waals surface area contributed by atoms with E-state index in [1.807, 2.05) is 145 Å². The van der Waals surface area contributed by atoms with Crippen LogP contribution in [0.4, 0.5) is 34.6 Å². The Bertz CT molecular complexity index is 8840. The lowest BCUT2D eigenvalue weighted by molar-refractivity contribution is 0.659. The van der Waals surface area contributed by atoms with Gasteiger partial charge in [0.2, 0.25) is 17.8 Å². The smallest absolute Gasteiger partial charge is 0.238 e. The van der Waals surface area contributed by atoms with Crippen molar-refractivity contribution >= 4 is 95.6 Å². The zero-order valence-electron chi connectivity index (χ0n) is 77.5. The molecule has 0 atom stereocenters. The highest BCUT2D eigenvalue weighted by molar-refractivity contribution is 8.03. The van der Waals surface area contributed by atoms with E-state index >= 15 is 0 Å². The molecule has 18 aromatic carbocycles. The van der Waals surface area contributed by atoms with E-state index in [0.29, 0.717) is 52.8 Å². The van der Waals surface area contributed by atoms with E-state index in [0.717, 1.165) is 101 Å². The van der Waals surface area contributed by atoms with Gasteiger partial charge in [-0.2, -0.15) is 29.9 Å². The van der Waals surface area contributed by atoms with Crippen molar-refractivity contribution in [2.45, 2.75) is 38.0 Å². The maximum Gasteiger partial charge on any atom is 0.238 e. The maximum atomic E-state index is 5.22. The lowest BCUT2D eigenvalue weighted by Gasteiger charge is -2.25. The normalized spacial score (nSPS) is 13.4. The van der Waals surface area contributed by atoms with Crippen LogP contribution < -0.4 is 9.80 Å². The molecular weight excluding hydrogens is 1740 g/mol. The molecule has 0 spiro atoms. The van der Waals surface area contributed by atoms with Gasteiger partial charge in [-0.3, -0.25) is 14.4 Å². The molecule has 0 unspecified atom stereocenters. The van der Waals surface area contributed by atoms with E-state index in [9.17, 15) is 0 Å². The van der Waals surface area contributed by atoms with Crippen LogP contribution >= 0.6 is 11.8 Å². The zero-order valence-corrected chi connectivity index (χ0v) is 78.3. The van der Waals surface area contributed by atoms with Crippen LogP contribution in [0, 0.1) is 5.41 Å². The zero-order chi connectivity index (χ0) is 94.0. The molecule has 0 radical (unpaired) electrons. The molecule has 0 amide bonds. The molecule has 14 heteroatoms. The fourth-order valence-electron chi connectivity index (χ4n) is 21.6. The van der Waals surface area contributed by atoms with E-state index in [2.05, 4.69) is 368 Å². The molecule has 0 bridgehead atoms. The van der Waals surface area contributed by atoms with Crippen molar-refractivity contribution in [3.63, 3.8) is 0 Å². The lowest BCUT2D eigenvalue weighted by Crippen LogP contribution is -2.16. The second-order valence-corrected chi connectivity index (χ2v) is 38.1. The molecule has 0 fully saturated rings. The summed E-state index contributed by atoms with van der Waals surface area (Å²) < 4.78 is 4.64. The first kappa shape index (κ1) is 83.6. The second-order valence-electron chi connectivity index (χ2n) is 37.1. The van der Waals surface area contributed by atoms with Crippen LogP contribution in [-0.2, 0) is 5.41 Å². The van der Waals surface area contributed by atoms with Gasteiger partial charge in [-0.15, -0.1) is 0 Å². The van der Waals surface area contributed by atoms with Gasteiger partial charge in [-0.05, 0) is 116 Å². The van der Waals surface area contributed by atoms with Gasteiger partial charge in [0.15, 0.2) is 34.9 Å². The Morgan fingerprint density at radius 2 is 0.603 bits per heavy atom. The number of benzene rings is 18. The van der Waals surface area contributed by atoms with Gasteiger partial charge in [0.05, 0.1) is 44.8 Å². The van der Waals surface area contributed by atoms with Crippen LogP contribution in [0.1, 0.15) is 44.4 Å². The number of rotatable bonds is 10. The third-order valence-electron chi connectivity index (χ3n) is 28.0. The molecule has 141 heavy (non-hydrogen) atoms. The molecule has 5 aromatic heterocycles. The Kier molecular flexibility index (Phi) is 20.2. The first-order chi connectivity index (χ1) is 69.5. The van der Waals surface area contributed by atoms with Crippen LogP contribution in [0.25, 0.3) is 196 Å². The predicted molar refractivity (Wildman–Crippen MR) is 578 cm³/mol. The standard InChI is InChI=1S/C45H29N5.C42H30N4.C40H28N4S/c1-4-16-30(17-5-1)43-46-44(31-18-6-2-7-19-31)48-45(47-43)50-39-26-14-10-22-33(39)35-28-29-36-34-23-11-13-25-38(34)49(32-20-8-3-9-21-32)42(36)41(35)37-24-12-15-27-40(37)50;1-42(2)33-22-12-9-20-31(33)38-34(42)26-25-30-29-19-10-13-23-35(29)46(36-24-14-11-21-32(36)37(30)38)41-44-39(27-15-5-3-6-16-27)43-40(45-41)28-17-7-4-8-18-28;1-40(2)24-23-33-36(40)29-21-22-31-35(34(29)28-18-10-12-20-32(28)45-33)27-17-9-11-19-30(27)44(31)39-42-37(25-13-5-3-6-14-25)41-38(43-39)26-15-7-4-8-16-26/h1-29H;3-26H,1-2H3;3-24H,1-2H3. The first-order valence-corrected chi connectivity index (χ1v) is 48.6. The Balaban J connectivity index is 0.000000109. The molecule has 3 aliphatic heterocycles. The number of nitrogens with zero attached hydrogens (tertiary/aromatic N) is 13. The average molecular weight is 1830 g/mol.